The first-order valence-corrected chi connectivity index (χ1v) is 5.83. The summed E-state index contributed by atoms with van der Waals surface area (Å²) in [5.41, 5.74) is -0.512. The van der Waals surface area contributed by atoms with E-state index in [1.807, 2.05) is 6.07 Å². The van der Waals surface area contributed by atoms with Gasteiger partial charge in [-0.1, -0.05) is 0 Å². The van der Waals surface area contributed by atoms with Crippen LogP contribution in [0.25, 0.3) is 0 Å². The molecule has 0 aliphatic heterocycles. The van der Waals surface area contributed by atoms with E-state index in [9.17, 15) is 8.42 Å². The van der Waals surface area contributed by atoms with Crippen molar-refractivity contribution in [3.8, 4) is 6.07 Å². The van der Waals surface area contributed by atoms with Gasteiger partial charge in [-0.25, -0.2) is 4.72 Å². The molecule has 6 heteroatoms. The van der Waals surface area contributed by atoms with E-state index in [4.69, 9.17) is 5.26 Å². The van der Waals surface area contributed by atoms with Crippen molar-refractivity contribution in [3.05, 3.63) is 0 Å². The SMILES string of the molecule is CC(C#N)CNS(=O)(=O)NC(C)(C)C. The normalized spacial score (nSPS) is 14.8. The van der Waals surface area contributed by atoms with E-state index in [2.05, 4.69) is 9.44 Å². The molecule has 5 nitrogen and oxygen atoms in total. The van der Waals surface area contributed by atoms with E-state index in [0.29, 0.717) is 0 Å². The molecule has 0 aliphatic carbocycles. The quantitative estimate of drug-likeness (QED) is 0.716. The summed E-state index contributed by atoms with van der Waals surface area (Å²) in [6.45, 7) is 7.03. The molecule has 0 rings (SSSR count). The van der Waals surface area contributed by atoms with Crippen LogP contribution in [0, 0.1) is 17.2 Å². The molecular formula is C8H17N3O2S. The minimum Gasteiger partial charge on any atom is -0.201 e. The van der Waals surface area contributed by atoms with Crippen LogP contribution in [0.1, 0.15) is 27.7 Å². The van der Waals surface area contributed by atoms with Crippen molar-refractivity contribution in [1.82, 2.24) is 9.44 Å². The highest BCUT2D eigenvalue weighted by Crippen LogP contribution is 2.00. The van der Waals surface area contributed by atoms with Gasteiger partial charge in [0.1, 0.15) is 0 Å². The van der Waals surface area contributed by atoms with Crippen LogP contribution in [0.3, 0.4) is 0 Å². The first kappa shape index (κ1) is 13.4. The van der Waals surface area contributed by atoms with E-state index < -0.39 is 15.7 Å². The molecular weight excluding hydrogens is 202 g/mol. The van der Waals surface area contributed by atoms with E-state index in [1.165, 1.54) is 0 Å². The van der Waals surface area contributed by atoms with Crippen molar-refractivity contribution in [2.45, 2.75) is 33.2 Å². The Balaban J connectivity index is 4.19. The van der Waals surface area contributed by atoms with Gasteiger partial charge in [-0.3, -0.25) is 0 Å². The minimum atomic E-state index is -3.50. The summed E-state index contributed by atoms with van der Waals surface area (Å²) in [5, 5.41) is 8.46. The van der Waals surface area contributed by atoms with Gasteiger partial charge in [0.15, 0.2) is 0 Å². The Morgan fingerprint density at radius 2 is 1.93 bits per heavy atom. The van der Waals surface area contributed by atoms with Crippen molar-refractivity contribution in [3.63, 3.8) is 0 Å². The molecule has 0 radical (unpaired) electrons. The third-order valence-electron chi connectivity index (χ3n) is 1.24. The summed E-state index contributed by atoms with van der Waals surface area (Å²) in [4.78, 5) is 0. The Morgan fingerprint density at radius 3 is 2.29 bits per heavy atom. The predicted octanol–water partition coefficient (Wildman–Crippen LogP) is 0.369. The van der Waals surface area contributed by atoms with E-state index >= 15 is 0 Å². The summed E-state index contributed by atoms with van der Waals surface area (Å²) in [6, 6.07) is 1.95. The van der Waals surface area contributed by atoms with Crippen LogP contribution in [0.5, 0.6) is 0 Å². The number of hydrogen-bond donors (Lipinski definition) is 2. The van der Waals surface area contributed by atoms with E-state index in [-0.39, 0.29) is 12.5 Å². The lowest BCUT2D eigenvalue weighted by Crippen LogP contribution is -2.47. The zero-order chi connectivity index (χ0) is 11.4. The summed E-state index contributed by atoms with van der Waals surface area (Å²) in [5.74, 6) is -0.327. The van der Waals surface area contributed by atoms with Crippen molar-refractivity contribution in [2.24, 2.45) is 5.92 Å². The molecule has 0 aromatic rings. The van der Waals surface area contributed by atoms with Gasteiger partial charge in [0.05, 0.1) is 12.0 Å². The van der Waals surface area contributed by atoms with Gasteiger partial charge >= 0.3 is 0 Å². The highest BCUT2D eigenvalue weighted by atomic mass is 32.2. The minimum absolute atomic E-state index is 0.127. The maximum Gasteiger partial charge on any atom is 0.277 e. The average molecular weight is 219 g/mol. The maximum atomic E-state index is 11.3. The number of nitrogens with one attached hydrogen (secondary N) is 2. The highest BCUT2D eigenvalue weighted by Gasteiger charge is 2.19. The molecule has 0 bridgehead atoms. The Kier molecular flexibility index (Phi) is 4.52. The predicted molar refractivity (Wildman–Crippen MR) is 54.6 cm³/mol. The average Bonchev–Trinajstić information content (AvgIpc) is 1.96. The molecule has 0 aliphatic rings. The van der Waals surface area contributed by atoms with Crippen LogP contribution in [0.15, 0.2) is 0 Å². The summed E-state index contributed by atoms with van der Waals surface area (Å²) in [7, 11) is -3.50. The lowest BCUT2D eigenvalue weighted by Gasteiger charge is -2.20. The molecule has 14 heavy (non-hydrogen) atoms. The molecule has 0 aromatic heterocycles. The van der Waals surface area contributed by atoms with Crippen LogP contribution in [-0.4, -0.2) is 20.5 Å². The van der Waals surface area contributed by atoms with Crippen molar-refractivity contribution in [2.75, 3.05) is 6.54 Å². The number of nitrogens with zero attached hydrogens (tertiary/aromatic N) is 1. The maximum absolute atomic E-state index is 11.3. The molecule has 1 unspecified atom stereocenters. The molecule has 0 amide bonds. The van der Waals surface area contributed by atoms with Crippen LogP contribution in [0.4, 0.5) is 0 Å². The highest BCUT2D eigenvalue weighted by molar-refractivity contribution is 7.87. The van der Waals surface area contributed by atoms with Gasteiger partial charge in [-0.2, -0.15) is 18.4 Å². The molecule has 0 saturated heterocycles. The summed E-state index contributed by atoms with van der Waals surface area (Å²) >= 11 is 0. The lowest BCUT2D eigenvalue weighted by atomic mass is 10.1. The van der Waals surface area contributed by atoms with Crippen LogP contribution >= 0.6 is 0 Å². The van der Waals surface area contributed by atoms with Crippen molar-refractivity contribution in [1.29, 1.82) is 5.26 Å². The monoisotopic (exact) mass is 219 g/mol. The van der Waals surface area contributed by atoms with Crippen LogP contribution in [0.2, 0.25) is 0 Å². The van der Waals surface area contributed by atoms with Crippen molar-refractivity contribution >= 4 is 10.2 Å². The molecule has 0 heterocycles. The van der Waals surface area contributed by atoms with Crippen LogP contribution in [-0.2, 0) is 10.2 Å². The Hall–Kier alpha value is -0.640. The first-order chi connectivity index (χ1) is 6.16. The molecule has 82 valence electrons. The smallest absolute Gasteiger partial charge is 0.201 e. The van der Waals surface area contributed by atoms with E-state index in [0.717, 1.165) is 0 Å². The second kappa shape index (κ2) is 4.73. The fourth-order valence-electron chi connectivity index (χ4n) is 0.720. The zero-order valence-electron chi connectivity index (χ0n) is 8.96. The van der Waals surface area contributed by atoms with Crippen LogP contribution < -0.4 is 9.44 Å². The van der Waals surface area contributed by atoms with Gasteiger partial charge in [-0.15, -0.1) is 0 Å². The molecule has 0 aromatic carbocycles. The molecule has 0 spiro atoms. The Bertz CT molecular complexity index is 310. The van der Waals surface area contributed by atoms with E-state index in [1.54, 1.807) is 27.7 Å². The first-order valence-electron chi connectivity index (χ1n) is 4.34. The second-order valence-electron chi connectivity index (χ2n) is 4.23. The van der Waals surface area contributed by atoms with Gasteiger partial charge in [-0.05, 0) is 27.7 Å². The molecule has 1 atom stereocenters. The van der Waals surface area contributed by atoms with Gasteiger partial charge in [0.2, 0.25) is 0 Å². The lowest BCUT2D eigenvalue weighted by molar-refractivity contribution is 0.481. The number of nitriles is 1. The van der Waals surface area contributed by atoms with Gasteiger partial charge in [0.25, 0.3) is 10.2 Å². The standard InChI is InChI=1S/C8H17N3O2S/c1-7(5-9)6-10-14(12,13)11-8(2,3)4/h7,10-11H,6H2,1-4H3. The molecule has 2 N–H and O–H groups in total. The Morgan fingerprint density at radius 1 is 1.43 bits per heavy atom. The fraction of sp³-hybridized carbons (Fsp3) is 0.875. The zero-order valence-corrected chi connectivity index (χ0v) is 9.77. The number of hydrogen-bond acceptors (Lipinski definition) is 3. The fourth-order valence-corrected chi connectivity index (χ4v) is 2.07. The summed E-state index contributed by atoms with van der Waals surface area (Å²) in [6.07, 6.45) is 0. The Labute approximate surface area is 85.7 Å². The van der Waals surface area contributed by atoms with Gasteiger partial charge < -0.3 is 0 Å². The molecule has 0 saturated carbocycles. The number of rotatable bonds is 4. The topological polar surface area (TPSA) is 82.0 Å². The van der Waals surface area contributed by atoms with Crippen molar-refractivity contribution < 1.29 is 8.42 Å². The second-order valence-corrected chi connectivity index (χ2v) is 5.73. The third kappa shape index (κ3) is 6.83. The molecule has 0 fully saturated rings. The largest absolute Gasteiger partial charge is 0.277 e. The van der Waals surface area contributed by atoms with Gasteiger partial charge in [0, 0.05) is 12.1 Å². The third-order valence-corrected chi connectivity index (χ3v) is 2.67. The summed E-state index contributed by atoms with van der Waals surface area (Å²) < 4.78 is 27.4.